The van der Waals surface area contributed by atoms with E-state index in [1.807, 2.05) is 24.4 Å². The molecule has 0 fully saturated rings. The monoisotopic (exact) mass is 175 g/mol. The summed E-state index contributed by atoms with van der Waals surface area (Å²) in [7, 11) is 0. The van der Waals surface area contributed by atoms with Crippen LogP contribution < -0.4 is 0 Å². The van der Waals surface area contributed by atoms with Crippen LogP contribution in [0, 0.1) is 0 Å². The molecule has 12 heavy (non-hydrogen) atoms. The van der Waals surface area contributed by atoms with Crippen molar-refractivity contribution in [2.45, 2.75) is 0 Å². The molecular weight excluding hydrogens is 166 g/mol. The van der Waals surface area contributed by atoms with Gasteiger partial charge < -0.3 is 0 Å². The molecule has 0 aromatic heterocycles. The second kappa shape index (κ2) is 3.59. The number of benzene rings is 1. The molecule has 2 heteroatoms. The van der Waals surface area contributed by atoms with Crippen LogP contribution in [0.15, 0.2) is 47.6 Å². The van der Waals surface area contributed by atoms with E-state index < -0.39 is 0 Å². The molecule has 1 aromatic carbocycles. The van der Waals surface area contributed by atoms with E-state index in [-0.39, 0.29) is 0 Å². The largest absolute Gasteiger partial charge is 0.250 e. The Morgan fingerprint density at radius 3 is 2.67 bits per heavy atom. The van der Waals surface area contributed by atoms with E-state index in [9.17, 15) is 0 Å². The lowest BCUT2D eigenvalue weighted by atomic mass is 10.2. The van der Waals surface area contributed by atoms with Crippen molar-refractivity contribution in [3.63, 3.8) is 0 Å². The van der Waals surface area contributed by atoms with Gasteiger partial charge >= 0.3 is 0 Å². The zero-order chi connectivity index (χ0) is 8.23. The first-order valence-corrected chi connectivity index (χ1v) is 4.86. The third kappa shape index (κ3) is 1.59. The summed E-state index contributed by atoms with van der Waals surface area (Å²) < 4.78 is 0. The van der Waals surface area contributed by atoms with E-state index in [1.165, 1.54) is 5.56 Å². The van der Waals surface area contributed by atoms with E-state index >= 15 is 0 Å². The molecule has 0 atom stereocenters. The first kappa shape index (κ1) is 7.62. The van der Waals surface area contributed by atoms with E-state index in [0.717, 1.165) is 10.8 Å². The summed E-state index contributed by atoms with van der Waals surface area (Å²) in [6, 6.07) is 10.3. The van der Waals surface area contributed by atoms with Gasteiger partial charge in [0.1, 0.15) is 5.04 Å². The van der Waals surface area contributed by atoms with Crippen LogP contribution in [-0.2, 0) is 0 Å². The molecule has 1 aliphatic rings. The van der Waals surface area contributed by atoms with E-state index in [4.69, 9.17) is 0 Å². The third-order valence-electron chi connectivity index (χ3n) is 1.63. The highest BCUT2D eigenvalue weighted by atomic mass is 32.2. The fourth-order valence-electron chi connectivity index (χ4n) is 1.07. The summed E-state index contributed by atoms with van der Waals surface area (Å²) in [5.41, 5.74) is 1.21. The summed E-state index contributed by atoms with van der Waals surface area (Å²) in [5, 5.41) is 1.12. The fourth-order valence-corrected chi connectivity index (χ4v) is 1.84. The van der Waals surface area contributed by atoms with Crippen molar-refractivity contribution in [1.29, 1.82) is 0 Å². The van der Waals surface area contributed by atoms with Crippen LogP contribution in [0.1, 0.15) is 5.56 Å². The Kier molecular flexibility index (Phi) is 2.28. The molecule has 0 aliphatic carbocycles. The molecule has 0 amide bonds. The number of rotatable bonds is 1. The zero-order valence-corrected chi connectivity index (χ0v) is 7.42. The minimum absolute atomic E-state index is 1.04. The third-order valence-corrected chi connectivity index (χ3v) is 2.61. The first-order chi connectivity index (χ1) is 5.97. The minimum atomic E-state index is 1.04. The Labute approximate surface area is 76.2 Å². The summed E-state index contributed by atoms with van der Waals surface area (Å²) in [4.78, 5) is 4.30. The maximum atomic E-state index is 4.30. The van der Waals surface area contributed by atoms with Crippen molar-refractivity contribution >= 4 is 16.8 Å². The summed E-state index contributed by atoms with van der Waals surface area (Å²) in [6.45, 7) is 0. The van der Waals surface area contributed by atoms with Crippen LogP contribution >= 0.6 is 11.8 Å². The summed E-state index contributed by atoms with van der Waals surface area (Å²) in [6.07, 6.45) is 3.94. The zero-order valence-electron chi connectivity index (χ0n) is 6.60. The first-order valence-electron chi connectivity index (χ1n) is 3.88. The molecule has 0 unspecified atom stereocenters. The average molecular weight is 175 g/mol. The lowest BCUT2D eigenvalue weighted by Crippen LogP contribution is -1.97. The molecule has 1 heterocycles. The maximum Gasteiger partial charge on any atom is 0.103 e. The van der Waals surface area contributed by atoms with E-state index in [2.05, 4.69) is 23.2 Å². The van der Waals surface area contributed by atoms with Crippen molar-refractivity contribution in [3.8, 4) is 0 Å². The Morgan fingerprint density at radius 2 is 2.00 bits per heavy atom. The van der Waals surface area contributed by atoms with Crippen molar-refractivity contribution in [2.75, 3.05) is 5.75 Å². The Morgan fingerprint density at radius 1 is 1.17 bits per heavy atom. The predicted octanol–water partition coefficient (Wildman–Crippen LogP) is 2.69. The van der Waals surface area contributed by atoms with Gasteiger partial charge in [-0.15, -0.1) is 11.8 Å². The van der Waals surface area contributed by atoms with Crippen LogP contribution in [0.2, 0.25) is 0 Å². The molecular formula is C10H9NS. The highest BCUT2D eigenvalue weighted by Gasteiger charge is 2.03. The van der Waals surface area contributed by atoms with Gasteiger partial charge in [-0.1, -0.05) is 36.4 Å². The number of hydrogen-bond acceptors (Lipinski definition) is 2. The van der Waals surface area contributed by atoms with Crippen LogP contribution in [0.25, 0.3) is 0 Å². The topological polar surface area (TPSA) is 12.4 Å². The molecule has 1 aromatic rings. The van der Waals surface area contributed by atoms with Crippen molar-refractivity contribution in [3.05, 3.63) is 48.2 Å². The van der Waals surface area contributed by atoms with Crippen LogP contribution in [0.3, 0.4) is 0 Å². The van der Waals surface area contributed by atoms with Crippen molar-refractivity contribution in [2.24, 2.45) is 4.99 Å². The van der Waals surface area contributed by atoms with Gasteiger partial charge in [-0.25, -0.2) is 4.99 Å². The van der Waals surface area contributed by atoms with Crippen LogP contribution in [0.4, 0.5) is 0 Å². The predicted molar refractivity (Wildman–Crippen MR) is 54.6 cm³/mol. The molecule has 0 saturated carbocycles. The molecule has 0 saturated heterocycles. The second-order valence-electron chi connectivity index (χ2n) is 2.50. The van der Waals surface area contributed by atoms with Gasteiger partial charge in [0.05, 0.1) is 0 Å². The fraction of sp³-hybridized carbons (Fsp3) is 0.100. The Hall–Kier alpha value is -1.02. The van der Waals surface area contributed by atoms with Crippen molar-refractivity contribution in [1.82, 2.24) is 0 Å². The molecule has 0 bridgehead atoms. The molecule has 1 aliphatic heterocycles. The molecule has 60 valence electrons. The highest BCUT2D eigenvalue weighted by Crippen LogP contribution is 2.16. The quantitative estimate of drug-likeness (QED) is 0.639. The van der Waals surface area contributed by atoms with Crippen LogP contribution in [-0.4, -0.2) is 10.8 Å². The number of thioether (sulfide) groups is 1. The standard InChI is InChI=1S/C10H9NS/c1-2-5-9(6-3-1)10-11-7-4-8-12-10/h1-7H,8H2. The summed E-state index contributed by atoms with van der Waals surface area (Å²) in [5.74, 6) is 1.04. The molecule has 0 spiro atoms. The lowest BCUT2D eigenvalue weighted by Gasteiger charge is -2.05. The van der Waals surface area contributed by atoms with Gasteiger partial charge in [0.2, 0.25) is 0 Å². The highest BCUT2D eigenvalue weighted by molar-refractivity contribution is 8.14. The van der Waals surface area contributed by atoms with Crippen molar-refractivity contribution < 1.29 is 0 Å². The number of aliphatic imine (C=N–C) groups is 1. The lowest BCUT2D eigenvalue weighted by molar-refractivity contribution is 1.51. The van der Waals surface area contributed by atoms with Gasteiger partial charge in [-0.2, -0.15) is 0 Å². The molecule has 0 N–H and O–H groups in total. The van der Waals surface area contributed by atoms with Gasteiger partial charge in [-0.05, 0) is 0 Å². The van der Waals surface area contributed by atoms with Crippen LogP contribution in [0.5, 0.6) is 0 Å². The second-order valence-corrected chi connectivity index (χ2v) is 3.50. The Balaban J connectivity index is 2.31. The molecule has 1 nitrogen and oxygen atoms in total. The van der Waals surface area contributed by atoms with Gasteiger partial charge in [0.25, 0.3) is 0 Å². The average Bonchev–Trinajstić information content (AvgIpc) is 2.21. The number of nitrogens with zero attached hydrogens (tertiary/aromatic N) is 1. The minimum Gasteiger partial charge on any atom is -0.250 e. The smallest absolute Gasteiger partial charge is 0.103 e. The number of hydrogen-bond donors (Lipinski definition) is 0. The maximum absolute atomic E-state index is 4.30. The van der Waals surface area contributed by atoms with Gasteiger partial charge in [-0.3, -0.25) is 0 Å². The van der Waals surface area contributed by atoms with Gasteiger partial charge in [0, 0.05) is 17.5 Å². The Bertz CT molecular complexity index is 314. The summed E-state index contributed by atoms with van der Waals surface area (Å²) >= 11 is 1.78. The molecule has 2 rings (SSSR count). The normalized spacial score (nSPS) is 15.8. The molecule has 0 radical (unpaired) electrons. The van der Waals surface area contributed by atoms with Gasteiger partial charge in [0.15, 0.2) is 0 Å². The SMILES string of the molecule is C1=CN=C(c2ccccc2)SC1. The van der Waals surface area contributed by atoms with E-state index in [0.29, 0.717) is 0 Å². The van der Waals surface area contributed by atoms with E-state index in [1.54, 1.807) is 11.8 Å².